The minimum absolute atomic E-state index is 0.314. The van der Waals surface area contributed by atoms with Gasteiger partial charge in [0.25, 0.3) is 0 Å². The molecule has 0 aromatic heterocycles. The van der Waals surface area contributed by atoms with E-state index in [0.29, 0.717) is 25.2 Å². The minimum Gasteiger partial charge on any atom is -0.465 e. The monoisotopic (exact) mass is 294 g/mol. The third-order valence-corrected chi connectivity index (χ3v) is 3.40. The van der Waals surface area contributed by atoms with Gasteiger partial charge in [0.1, 0.15) is 0 Å². The molecule has 0 spiro atoms. The van der Waals surface area contributed by atoms with E-state index in [2.05, 4.69) is 0 Å². The van der Waals surface area contributed by atoms with Crippen LogP contribution < -0.4 is 0 Å². The highest BCUT2D eigenvalue weighted by molar-refractivity contribution is 5.96. The molecule has 1 aliphatic carbocycles. The van der Waals surface area contributed by atoms with Crippen LogP contribution in [0.25, 0.3) is 0 Å². The Labute approximate surface area is 127 Å². The van der Waals surface area contributed by atoms with E-state index in [-0.39, 0.29) is 5.97 Å². The van der Waals surface area contributed by atoms with Gasteiger partial charge in [0.2, 0.25) is 0 Å². The van der Waals surface area contributed by atoms with Crippen LogP contribution in [-0.2, 0) is 19.1 Å². The lowest BCUT2D eigenvalue weighted by atomic mass is 9.95. The first-order valence-corrected chi connectivity index (χ1v) is 7.91. The van der Waals surface area contributed by atoms with Crippen LogP contribution in [0.15, 0.2) is 23.8 Å². The van der Waals surface area contributed by atoms with Gasteiger partial charge in [0, 0.05) is 0 Å². The van der Waals surface area contributed by atoms with Crippen molar-refractivity contribution in [1.29, 1.82) is 0 Å². The van der Waals surface area contributed by atoms with Crippen LogP contribution in [0.1, 0.15) is 52.4 Å². The Balaban J connectivity index is 2.65. The fourth-order valence-electron chi connectivity index (χ4n) is 2.07. The van der Waals surface area contributed by atoms with Crippen molar-refractivity contribution in [2.45, 2.75) is 52.4 Å². The zero-order chi connectivity index (χ0) is 15.5. The summed E-state index contributed by atoms with van der Waals surface area (Å²) in [4.78, 5) is 24.3. The number of esters is 2. The summed E-state index contributed by atoms with van der Waals surface area (Å²) in [5, 5.41) is 0. The smallest absolute Gasteiger partial charge is 0.334 e. The van der Waals surface area contributed by atoms with E-state index < -0.39 is 11.9 Å². The van der Waals surface area contributed by atoms with Crippen LogP contribution in [0.5, 0.6) is 0 Å². The van der Waals surface area contributed by atoms with E-state index in [1.807, 2.05) is 26.0 Å². The lowest BCUT2D eigenvalue weighted by Gasteiger charge is -2.17. The molecular formula is C17H26O4. The maximum absolute atomic E-state index is 12.2. The second-order valence-corrected chi connectivity index (χ2v) is 5.19. The van der Waals surface area contributed by atoms with Crippen molar-refractivity contribution < 1.29 is 19.1 Å². The number of rotatable bonds is 8. The second kappa shape index (κ2) is 10.2. The number of ether oxygens (including phenoxy) is 2. The average Bonchev–Trinajstić information content (AvgIpc) is 2.73. The van der Waals surface area contributed by atoms with Gasteiger partial charge in [-0.1, -0.05) is 44.9 Å². The third-order valence-electron chi connectivity index (χ3n) is 3.40. The summed E-state index contributed by atoms with van der Waals surface area (Å²) in [5.41, 5.74) is 0.418. The summed E-state index contributed by atoms with van der Waals surface area (Å²) in [7, 11) is 0. The standard InChI is InChI=1S/C17H26O4/c1-3-5-12-20-16(18)14-10-8-7-9-11-15(14)17(19)21-13-6-4-2/h7-8,10,15H,3-6,9,11-13H2,1-2H3. The molecule has 1 unspecified atom stereocenters. The minimum atomic E-state index is -0.508. The molecule has 0 heterocycles. The van der Waals surface area contributed by atoms with Gasteiger partial charge in [0.05, 0.1) is 24.7 Å². The van der Waals surface area contributed by atoms with Crippen LogP contribution in [0, 0.1) is 5.92 Å². The van der Waals surface area contributed by atoms with Crippen molar-refractivity contribution in [3.63, 3.8) is 0 Å². The zero-order valence-corrected chi connectivity index (χ0v) is 13.1. The van der Waals surface area contributed by atoms with E-state index in [4.69, 9.17) is 9.47 Å². The van der Waals surface area contributed by atoms with Crippen LogP contribution in [0.3, 0.4) is 0 Å². The Hall–Kier alpha value is -1.58. The highest BCUT2D eigenvalue weighted by Crippen LogP contribution is 2.24. The van der Waals surface area contributed by atoms with Crippen molar-refractivity contribution >= 4 is 11.9 Å². The molecule has 0 bridgehead atoms. The van der Waals surface area contributed by atoms with Crippen molar-refractivity contribution in [3.05, 3.63) is 23.8 Å². The highest BCUT2D eigenvalue weighted by atomic mass is 16.5. The number of carbonyl (C=O) groups is 2. The van der Waals surface area contributed by atoms with E-state index in [9.17, 15) is 9.59 Å². The molecule has 0 aromatic rings. The van der Waals surface area contributed by atoms with Gasteiger partial charge < -0.3 is 9.47 Å². The normalized spacial score (nSPS) is 17.8. The first-order valence-electron chi connectivity index (χ1n) is 7.91. The molecule has 0 radical (unpaired) electrons. The van der Waals surface area contributed by atoms with Crippen molar-refractivity contribution in [2.75, 3.05) is 13.2 Å². The van der Waals surface area contributed by atoms with Gasteiger partial charge in [-0.15, -0.1) is 0 Å². The molecule has 0 saturated heterocycles. The first kappa shape index (κ1) is 17.5. The summed E-state index contributed by atoms with van der Waals surface area (Å²) < 4.78 is 10.5. The molecule has 4 nitrogen and oxygen atoms in total. The summed E-state index contributed by atoms with van der Waals surface area (Å²) in [6.45, 7) is 4.89. The average molecular weight is 294 g/mol. The predicted octanol–water partition coefficient (Wildman–Crippen LogP) is 3.57. The quantitative estimate of drug-likeness (QED) is 0.507. The Morgan fingerprint density at radius 3 is 2.48 bits per heavy atom. The summed E-state index contributed by atoms with van der Waals surface area (Å²) >= 11 is 0. The molecule has 1 atom stereocenters. The molecule has 1 aliphatic rings. The van der Waals surface area contributed by atoms with Crippen LogP contribution in [0.4, 0.5) is 0 Å². The Kier molecular flexibility index (Phi) is 8.48. The van der Waals surface area contributed by atoms with E-state index >= 15 is 0 Å². The highest BCUT2D eigenvalue weighted by Gasteiger charge is 2.29. The predicted molar refractivity (Wildman–Crippen MR) is 81.7 cm³/mol. The summed E-state index contributed by atoms with van der Waals surface area (Å²) in [5.74, 6) is -1.22. The molecular weight excluding hydrogens is 268 g/mol. The number of unbranched alkanes of at least 4 members (excludes halogenated alkanes) is 2. The number of allylic oxidation sites excluding steroid dienone is 3. The number of hydrogen-bond donors (Lipinski definition) is 0. The van der Waals surface area contributed by atoms with E-state index in [1.54, 1.807) is 6.08 Å². The topological polar surface area (TPSA) is 52.6 Å². The second-order valence-electron chi connectivity index (χ2n) is 5.19. The molecule has 0 amide bonds. The summed E-state index contributed by atoms with van der Waals surface area (Å²) in [6.07, 6.45) is 10.4. The van der Waals surface area contributed by atoms with Gasteiger partial charge >= 0.3 is 11.9 Å². The van der Waals surface area contributed by atoms with Gasteiger partial charge in [0.15, 0.2) is 0 Å². The Bertz CT molecular complexity index is 396. The lowest BCUT2D eigenvalue weighted by Crippen LogP contribution is -2.25. The first-order chi connectivity index (χ1) is 10.2. The van der Waals surface area contributed by atoms with Crippen molar-refractivity contribution in [1.82, 2.24) is 0 Å². The fraction of sp³-hybridized carbons (Fsp3) is 0.647. The Morgan fingerprint density at radius 2 is 1.81 bits per heavy atom. The maximum atomic E-state index is 12.2. The molecule has 0 aromatic carbocycles. The molecule has 0 fully saturated rings. The van der Waals surface area contributed by atoms with Crippen LogP contribution >= 0.6 is 0 Å². The molecule has 0 saturated carbocycles. The molecule has 4 heteroatoms. The van der Waals surface area contributed by atoms with Gasteiger partial charge in [-0.25, -0.2) is 4.79 Å². The zero-order valence-electron chi connectivity index (χ0n) is 13.1. The van der Waals surface area contributed by atoms with Crippen LogP contribution in [0.2, 0.25) is 0 Å². The Morgan fingerprint density at radius 1 is 1.14 bits per heavy atom. The van der Waals surface area contributed by atoms with Gasteiger partial charge in [-0.3, -0.25) is 4.79 Å². The molecule has 0 N–H and O–H groups in total. The molecule has 118 valence electrons. The maximum Gasteiger partial charge on any atom is 0.334 e. The molecule has 1 rings (SSSR count). The van der Waals surface area contributed by atoms with Crippen molar-refractivity contribution in [2.24, 2.45) is 5.92 Å². The molecule has 21 heavy (non-hydrogen) atoms. The largest absolute Gasteiger partial charge is 0.465 e. The number of carbonyl (C=O) groups excluding carboxylic acids is 2. The fourth-order valence-corrected chi connectivity index (χ4v) is 2.07. The molecule has 0 aliphatic heterocycles. The van der Waals surface area contributed by atoms with Crippen molar-refractivity contribution in [3.8, 4) is 0 Å². The SMILES string of the molecule is CCCCOC(=O)C1=CC=CCCC1C(=O)OCCCC. The third kappa shape index (κ3) is 6.15. The summed E-state index contributed by atoms with van der Waals surface area (Å²) in [6, 6.07) is 0. The lowest BCUT2D eigenvalue weighted by molar-refractivity contribution is -0.150. The van der Waals surface area contributed by atoms with Gasteiger partial charge in [-0.2, -0.15) is 0 Å². The number of hydrogen-bond acceptors (Lipinski definition) is 4. The van der Waals surface area contributed by atoms with Crippen LogP contribution in [-0.4, -0.2) is 25.2 Å². The van der Waals surface area contributed by atoms with Gasteiger partial charge in [-0.05, 0) is 25.7 Å². The van der Waals surface area contributed by atoms with E-state index in [0.717, 1.165) is 32.1 Å². The van der Waals surface area contributed by atoms with E-state index in [1.165, 1.54) is 0 Å².